The van der Waals surface area contributed by atoms with E-state index in [4.69, 9.17) is 4.74 Å². The summed E-state index contributed by atoms with van der Waals surface area (Å²) in [5.41, 5.74) is -0.460. The Morgan fingerprint density at radius 1 is 1.14 bits per heavy atom. The standard InChI is InChI=1S/C23H42INO3/c1-8-9-12-20(24)28-16-18-11-10-13-25(18)21(27)15-23(6,7)22(4,5)14-19(26)17(2)3/h17-18,20H,8-16H2,1-7H3. The van der Waals surface area contributed by atoms with E-state index < -0.39 is 0 Å². The molecule has 0 bridgehead atoms. The van der Waals surface area contributed by atoms with Gasteiger partial charge < -0.3 is 9.64 Å². The lowest BCUT2D eigenvalue weighted by Gasteiger charge is -2.42. The number of ketones is 1. The van der Waals surface area contributed by atoms with Crippen molar-refractivity contribution < 1.29 is 14.3 Å². The number of nitrogens with zero attached hydrogens (tertiary/aromatic N) is 1. The summed E-state index contributed by atoms with van der Waals surface area (Å²) in [7, 11) is 0. The van der Waals surface area contributed by atoms with Crippen molar-refractivity contribution in [2.75, 3.05) is 13.2 Å². The van der Waals surface area contributed by atoms with Gasteiger partial charge in [-0.05, 0) is 30.1 Å². The zero-order chi connectivity index (χ0) is 21.5. The van der Waals surface area contributed by atoms with Crippen LogP contribution >= 0.6 is 22.6 Å². The van der Waals surface area contributed by atoms with Crippen molar-refractivity contribution in [3.63, 3.8) is 0 Å². The van der Waals surface area contributed by atoms with Crippen LogP contribution in [0.2, 0.25) is 0 Å². The SMILES string of the molecule is CCCCC(I)OCC1CCCN1C(=O)CC(C)(C)C(C)(C)CC(=O)C(C)C. The van der Waals surface area contributed by atoms with Crippen molar-refractivity contribution >= 4 is 34.3 Å². The molecule has 0 radical (unpaired) electrons. The number of amides is 1. The van der Waals surface area contributed by atoms with Gasteiger partial charge in [0.25, 0.3) is 0 Å². The third kappa shape index (κ3) is 7.58. The molecule has 164 valence electrons. The normalized spacial score (nSPS) is 19.3. The number of likely N-dealkylation sites (tertiary alicyclic amines) is 1. The summed E-state index contributed by atoms with van der Waals surface area (Å²) in [4.78, 5) is 27.5. The van der Waals surface area contributed by atoms with Crippen LogP contribution in [0.15, 0.2) is 0 Å². The Balaban J connectivity index is 2.66. The molecule has 0 spiro atoms. The van der Waals surface area contributed by atoms with E-state index in [1.807, 2.05) is 18.7 Å². The third-order valence-electron chi connectivity index (χ3n) is 6.64. The number of Topliss-reactive ketones (excluding diaryl/α,β-unsaturated/α-hetero) is 1. The number of rotatable bonds is 12. The summed E-state index contributed by atoms with van der Waals surface area (Å²) in [6.07, 6.45) is 6.51. The van der Waals surface area contributed by atoms with Crippen LogP contribution < -0.4 is 0 Å². The minimum atomic E-state index is -0.241. The van der Waals surface area contributed by atoms with Crippen LogP contribution in [0.25, 0.3) is 0 Å². The van der Waals surface area contributed by atoms with Crippen molar-refractivity contribution in [1.82, 2.24) is 4.90 Å². The van der Waals surface area contributed by atoms with Crippen molar-refractivity contribution in [2.45, 2.75) is 104 Å². The molecule has 0 aromatic carbocycles. The van der Waals surface area contributed by atoms with E-state index in [0.29, 0.717) is 19.4 Å². The average Bonchev–Trinajstić information content (AvgIpc) is 3.05. The Morgan fingerprint density at radius 2 is 1.75 bits per heavy atom. The topological polar surface area (TPSA) is 46.6 Å². The molecule has 0 aromatic rings. The van der Waals surface area contributed by atoms with E-state index in [9.17, 15) is 9.59 Å². The van der Waals surface area contributed by atoms with E-state index in [0.717, 1.165) is 25.8 Å². The first-order valence-electron chi connectivity index (χ1n) is 11.0. The van der Waals surface area contributed by atoms with Gasteiger partial charge in [0.15, 0.2) is 0 Å². The van der Waals surface area contributed by atoms with Gasteiger partial charge in [0, 0.05) is 25.3 Å². The van der Waals surface area contributed by atoms with Crippen LogP contribution in [0.5, 0.6) is 0 Å². The number of halogens is 1. The predicted octanol–water partition coefficient (Wildman–Crippen LogP) is 6.00. The smallest absolute Gasteiger partial charge is 0.223 e. The number of ether oxygens (including phenoxy) is 1. The molecule has 1 fully saturated rings. The number of hydrogen-bond donors (Lipinski definition) is 0. The van der Waals surface area contributed by atoms with E-state index in [2.05, 4.69) is 57.2 Å². The number of carbonyl (C=O) groups is 2. The molecule has 1 aliphatic heterocycles. The Labute approximate surface area is 186 Å². The molecule has 1 amide bonds. The predicted molar refractivity (Wildman–Crippen MR) is 125 cm³/mol. The van der Waals surface area contributed by atoms with Gasteiger partial charge in [-0.1, -0.05) is 83.9 Å². The maximum Gasteiger partial charge on any atom is 0.223 e. The molecular weight excluding hydrogens is 465 g/mol. The maximum atomic E-state index is 13.1. The van der Waals surface area contributed by atoms with Crippen LogP contribution in [0.3, 0.4) is 0 Å². The van der Waals surface area contributed by atoms with Crippen molar-refractivity contribution in [3.05, 3.63) is 0 Å². The lowest BCUT2D eigenvalue weighted by molar-refractivity contribution is -0.139. The summed E-state index contributed by atoms with van der Waals surface area (Å²) in [6.45, 7) is 16.1. The quantitative estimate of drug-likeness (QED) is 0.240. The fourth-order valence-electron chi connectivity index (χ4n) is 3.60. The van der Waals surface area contributed by atoms with Crippen LogP contribution in [-0.2, 0) is 14.3 Å². The van der Waals surface area contributed by atoms with Gasteiger partial charge >= 0.3 is 0 Å². The molecule has 28 heavy (non-hydrogen) atoms. The number of alkyl halides is 1. The van der Waals surface area contributed by atoms with Gasteiger partial charge in [0.2, 0.25) is 5.91 Å². The molecule has 0 aromatic heterocycles. The number of hydrogen-bond acceptors (Lipinski definition) is 3. The monoisotopic (exact) mass is 507 g/mol. The molecule has 2 atom stereocenters. The van der Waals surface area contributed by atoms with Crippen molar-refractivity contribution in [3.8, 4) is 0 Å². The van der Waals surface area contributed by atoms with Gasteiger partial charge in [0.1, 0.15) is 9.89 Å². The second kappa shape index (κ2) is 11.3. The first-order chi connectivity index (χ1) is 12.9. The minimum Gasteiger partial charge on any atom is -0.366 e. The van der Waals surface area contributed by atoms with E-state index in [-0.39, 0.29) is 38.6 Å². The highest BCUT2D eigenvalue weighted by molar-refractivity contribution is 14.1. The molecule has 4 nitrogen and oxygen atoms in total. The second-order valence-electron chi connectivity index (χ2n) is 10.0. The van der Waals surface area contributed by atoms with Crippen LogP contribution in [-0.4, -0.2) is 39.9 Å². The van der Waals surface area contributed by atoms with Crippen LogP contribution in [0.1, 0.15) is 93.4 Å². The summed E-state index contributed by atoms with van der Waals surface area (Å²) < 4.78 is 6.26. The fourth-order valence-corrected chi connectivity index (χ4v) is 4.25. The largest absolute Gasteiger partial charge is 0.366 e. The molecular formula is C23H42INO3. The first kappa shape index (κ1) is 25.9. The highest BCUT2D eigenvalue weighted by Crippen LogP contribution is 2.45. The van der Waals surface area contributed by atoms with Gasteiger partial charge in [-0.3, -0.25) is 9.59 Å². The Bertz CT molecular complexity index is 516. The molecule has 2 unspecified atom stereocenters. The lowest BCUT2D eigenvalue weighted by atomic mass is 9.63. The van der Waals surface area contributed by atoms with Gasteiger partial charge in [-0.2, -0.15) is 0 Å². The number of unbranched alkanes of at least 4 members (excludes halogenated alkanes) is 1. The van der Waals surface area contributed by atoms with Crippen LogP contribution in [0, 0.1) is 16.7 Å². The third-order valence-corrected chi connectivity index (χ3v) is 7.62. The Morgan fingerprint density at radius 3 is 2.32 bits per heavy atom. The summed E-state index contributed by atoms with van der Waals surface area (Å²) >= 11 is 2.37. The highest BCUT2D eigenvalue weighted by atomic mass is 127. The minimum absolute atomic E-state index is 0.0415. The highest BCUT2D eigenvalue weighted by Gasteiger charge is 2.42. The average molecular weight is 507 g/mol. The lowest BCUT2D eigenvalue weighted by Crippen LogP contribution is -2.44. The zero-order valence-corrected chi connectivity index (χ0v) is 21.3. The molecule has 0 N–H and O–H groups in total. The first-order valence-corrected chi connectivity index (χ1v) is 12.2. The summed E-state index contributed by atoms with van der Waals surface area (Å²) in [5.74, 6) is 0.526. The Kier molecular flexibility index (Phi) is 10.4. The molecule has 0 saturated carbocycles. The maximum absolute atomic E-state index is 13.1. The van der Waals surface area contributed by atoms with E-state index in [1.54, 1.807) is 0 Å². The van der Waals surface area contributed by atoms with Gasteiger partial charge in [-0.15, -0.1) is 0 Å². The number of carbonyl (C=O) groups excluding carboxylic acids is 2. The van der Waals surface area contributed by atoms with Gasteiger partial charge in [0.05, 0.1) is 12.6 Å². The summed E-state index contributed by atoms with van der Waals surface area (Å²) in [6, 6.07) is 0.197. The zero-order valence-electron chi connectivity index (χ0n) is 19.1. The molecule has 0 aliphatic carbocycles. The van der Waals surface area contributed by atoms with E-state index in [1.165, 1.54) is 12.8 Å². The van der Waals surface area contributed by atoms with Crippen molar-refractivity contribution in [2.24, 2.45) is 16.7 Å². The molecule has 1 rings (SSSR count). The molecule has 1 heterocycles. The summed E-state index contributed by atoms with van der Waals surface area (Å²) in [5, 5.41) is 0. The van der Waals surface area contributed by atoms with Gasteiger partial charge in [-0.25, -0.2) is 0 Å². The molecule has 5 heteroatoms. The van der Waals surface area contributed by atoms with Crippen LogP contribution in [0.4, 0.5) is 0 Å². The van der Waals surface area contributed by atoms with E-state index >= 15 is 0 Å². The molecule has 1 saturated heterocycles. The second-order valence-corrected chi connectivity index (χ2v) is 11.4. The fraction of sp³-hybridized carbons (Fsp3) is 0.913. The Hall–Kier alpha value is -0.170. The molecule has 1 aliphatic rings. The van der Waals surface area contributed by atoms with Crippen molar-refractivity contribution in [1.29, 1.82) is 0 Å².